The van der Waals surface area contributed by atoms with Gasteiger partial charge in [0.1, 0.15) is 30.3 Å². The highest BCUT2D eigenvalue weighted by Gasteiger charge is 2.14. The summed E-state index contributed by atoms with van der Waals surface area (Å²) < 4.78 is 14.7. The van der Waals surface area contributed by atoms with Crippen LogP contribution in [0.15, 0.2) is 36.4 Å². The van der Waals surface area contributed by atoms with Crippen molar-refractivity contribution in [2.45, 2.75) is 12.2 Å². The second-order valence-corrected chi connectivity index (χ2v) is 3.93. The fourth-order valence-electron chi connectivity index (χ4n) is 1.33. The summed E-state index contributed by atoms with van der Waals surface area (Å²) >= 11 is 0. The van der Waals surface area contributed by atoms with E-state index in [-0.39, 0.29) is 6.61 Å². The number of carbonyl (C=O) groups excluding carboxylic acids is 1. The Hall–Kier alpha value is -2.05. The topological polar surface area (TPSA) is 85.2 Å². The van der Waals surface area contributed by atoms with Gasteiger partial charge >= 0.3 is 5.97 Å². The third kappa shape index (κ3) is 5.29. The average Bonchev–Trinajstić information content (AvgIpc) is 2.50. The van der Waals surface area contributed by atoms with Crippen molar-refractivity contribution >= 4 is 5.97 Å². The Balaban J connectivity index is 2.43. The molecule has 0 bridgehead atoms. The predicted molar refractivity (Wildman–Crippen MR) is 71.7 cm³/mol. The van der Waals surface area contributed by atoms with Crippen LogP contribution in [0.25, 0.3) is 0 Å². The third-order valence-electron chi connectivity index (χ3n) is 2.51. The fourth-order valence-corrected chi connectivity index (χ4v) is 1.33. The molecular formula is C14H18O6. The molecule has 0 saturated carbocycles. The number of ether oxygens (including phenoxy) is 3. The normalized spacial score (nSPS) is 13.8. The van der Waals surface area contributed by atoms with Crippen LogP contribution in [0.3, 0.4) is 0 Å². The average molecular weight is 282 g/mol. The van der Waals surface area contributed by atoms with E-state index in [9.17, 15) is 15.0 Å². The zero-order valence-electron chi connectivity index (χ0n) is 11.4. The van der Waals surface area contributed by atoms with Gasteiger partial charge in [-0.1, -0.05) is 0 Å². The summed E-state index contributed by atoms with van der Waals surface area (Å²) in [6, 6.07) is 6.80. The Morgan fingerprint density at radius 3 is 2.35 bits per heavy atom. The van der Waals surface area contributed by atoms with E-state index in [0.29, 0.717) is 11.5 Å². The van der Waals surface area contributed by atoms with Crippen molar-refractivity contribution in [2.75, 3.05) is 20.8 Å². The second kappa shape index (κ2) is 8.19. The monoisotopic (exact) mass is 282 g/mol. The van der Waals surface area contributed by atoms with Crippen LogP contribution in [-0.4, -0.2) is 49.2 Å². The summed E-state index contributed by atoms with van der Waals surface area (Å²) in [5.74, 6) is 0.625. The van der Waals surface area contributed by atoms with E-state index < -0.39 is 18.2 Å². The molecule has 0 amide bonds. The second-order valence-electron chi connectivity index (χ2n) is 3.93. The van der Waals surface area contributed by atoms with Gasteiger partial charge in [-0.05, 0) is 30.3 Å². The molecule has 110 valence electrons. The summed E-state index contributed by atoms with van der Waals surface area (Å²) in [6.07, 6.45) is -0.180. The van der Waals surface area contributed by atoms with Crippen molar-refractivity contribution in [1.82, 2.24) is 0 Å². The van der Waals surface area contributed by atoms with Gasteiger partial charge in [-0.15, -0.1) is 0 Å². The molecule has 2 N–H and O–H groups in total. The van der Waals surface area contributed by atoms with E-state index in [1.54, 1.807) is 31.4 Å². The molecule has 6 heteroatoms. The van der Waals surface area contributed by atoms with Gasteiger partial charge in [0.05, 0.1) is 14.2 Å². The lowest BCUT2D eigenvalue weighted by Crippen LogP contribution is -2.30. The highest BCUT2D eigenvalue weighted by Crippen LogP contribution is 2.17. The van der Waals surface area contributed by atoms with Crippen molar-refractivity contribution in [1.29, 1.82) is 0 Å². The summed E-state index contributed by atoms with van der Waals surface area (Å²) in [7, 11) is 2.78. The predicted octanol–water partition coefficient (Wildman–Crippen LogP) is 0.525. The minimum absolute atomic E-state index is 0.112. The number of hydrogen-bond donors (Lipinski definition) is 2. The van der Waals surface area contributed by atoms with E-state index in [4.69, 9.17) is 9.47 Å². The van der Waals surface area contributed by atoms with Crippen molar-refractivity contribution in [3.63, 3.8) is 0 Å². The van der Waals surface area contributed by atoms with E-state index in [1.165, 1.54) is 7.11 Å². The number of esters is 1. The molecule has 0 radical (unpaired) electrons. The van der Waals surface area contributed by atoms with E-state index in [2.05, 4.69) is 4.74 Å². The summed E-state index contributed by atoms with van der Waals surface area (Å²) in [5.41, 5.74) is 0. The molecule has 0 unspecified atom stereocenters. The summed E-state index contributed by atoms with van der Waals surface area (Å²) in [5, 5.41) is 19.2. The Morgan fingerprint density at radius 1 is 1.20 bits per heavy atom. The SMILES string of the molecule is COC(=O)C=C[C@H](O)[C@@H](O)COc1ccc(OC)cc1. The number of benzene rings is 1. The van der Waals surface area contributed by atoms with E-state index in [1.807, 2.05) is 0 Å². The summed E-state index contributed by atoms with van der Waals surface area (Å²) in [4.78, 5) is 10.8. The quantitative estimate of drug-likeness (QED) is 0.560. The van der Waals surface area contributed by atoms with E-state index in [0.717, 1.165) is 12.2 Å². The zero-order valence-corrected chi connectivity index (χ0v) is 11.4. The highest BCUT2D eigenvalue weighted by molar-refractivity contribution is 5.81. The number of hydrogen-bond acceptors (Lipinski definition) is 6. The summed E-state index contributed by atoms with van der Waals surface area (Å²) in [6.45, 7) is -0.112. The van der Waals surface area contributed by atoms with Gasteiger partial charge < -0.3 is 24.4 Å². The van der Waals surface area contributed by atoms with Crippen LogP contribution in [0.4, 0.5) is 0 Å². The van der Waals surface area contributed by atoms with Crippen LogP contribution in [0.5, 0.6) is 11.5 Å². The van der Waals surface area contributed by atoms with Gasteiger partial charge in [0.2, 0.25) is 0 Å². The van der Waals surface area contributed by atoms with Crippen LogP contribution in [0.1, 0.15) is 0 Å². The van der Waals surface area contributed by atoms with Gasteiger partial charge in [-0.2, -0.15) is 0 Å². The molecule has 20 heavy (non-hydrogen) atoms. The third-order valence-corrected chi connectivity index (χ3v) is 2.51. The van der Waals surface area contributed by atoms with Crippen LogP contribution in [0.2, 0.25) is 0 Å². The maximum Gasteiger partial charge on any atom is 0.330 e. The lowest BCUT2D eigenvalue weighted by molar-refractivity contribution is -0.134. The number of aliphatic hydroxyl groups is 2. The van der Waals surface area contributed by atoms with Crippen LogP contribution >= 0.6 is 0 Å². The van der Waals surface area contributed by atoms with Gasteiger partial charge in [0, 0.05) is 6.08 Å². The maximum absolute atomic E-state index is 10.8. The molecule has 1 aromatic rings. The molecule has 0 heterocycles. The zero-order chi connectivity index (χ0) is 15.0. The molecule has 1 rings (SSSR count). The van der Waals surface area contributed by atoms with E-state index >= 15 is 0 Å². The van der Waals surface area contributed by atoms with Gasteiger partial charge in [-0.3, -0.25) is 0 Å². The van der Waals surface area contributed by atoms with Crippen molar-refractivity contribution in [2.24, 2.45) is 0 Å². The van der Waals surface area contributed by atoms with Gasteiger partial charge in [0.15, 0.2) is 0 Å². The minimum atomic E-state index is -1.22. The fraction of sp³-hybridized carbons (Fsp3) is 0.357. The first-order valence-electron chi connectivity index (χ1n) is 5.96. The lowest BCUT2D eigenvalue weighted by atomic mass is 10.2. The number of methoxy groups -OCH3 is 2. The number of carbonyl (C=O) groups is 1. The minimum Gasteiger partial charge on any atom is -0.497 e. The van der Waals surface area contributed by atoms with Crippen molar-refractivity contribution in [3.8, 4) is 11.5 Å². The molecule has 0 aliphatic rings. The first-order chi connectivity index (χ1) is 9.56. The number of rotatable bonds is 7. The van der Waals surface area contributed by atoms with Crippen LogP contribution in [-0.2, 0) is 9.53 Å². The first-order valence-corrected chi connectivity index (χ1v) is 5.96. The van der Waals surface area contributed by atoms with Crippen LogP contribution in [0, 0.1) is 0 Å². The molecule has 2 atom stereocenters. The molecule has 0 saturated heterocycles. The molecule has 0 fully saturated rings. The van der Waals surface area contributed by atoms with Crippen LogP contribution < -0.4 is 9.47 Å². The van der Waals surface area contributed by atoms with Crippen molar-refractivity contribution in [3.05, 3.63) is 36.4 Å². The Labute approximate surface area is 117 Å². The van der Waals surface area contributed by atoms with Gasteiger partial charge in [0.25, 0.3) is 0 Å². The lowest BCUT2D eigenvalue weighted by Gasteiger charge is -2.15. The maximum atomic E-state index is 10.8. The molecule has 0 aliphatic carbocycles. The first kappa shape index (κ1) is 16.0. The van der Waals surface area contributed by atoms with Crippen molar-refractivity contribution < 1.29 is 29.2 Å². The molecular weight excluding hydrogens is 264 g/mol. The Bertz CT molecular complexity index is 439. The van der Waals surface area contributed by atoms with Gasteiger partial charge in [-0.25, -0.2) is 4.79 Å². The highest BCUT2D eigenvalue weighted by atomic mass is 16.5. The molecule has 0 aromatic heterocycles. The molecule has 6 nitrogen and oxygen atoms in total. The Kier molecular flexibility index (Phi) is 6.55. The standard InChI is InChI=1S/C14H18O6/c1-18-10-3-5-11(6-4-10)20-9-13(16)12(15)7-8-14(17)19-2/h3-8,12-13,15-16H,9H2,1-2H3/t12-,13-/m0/s1. The largest absolute Gasteiger partial charge is 0.497 e. The molecule has 0 aliphatic heterocycles. The number of aliphatic hydroxyl groups excluding tert-OH is 2. The molecule has 0 spiro atoms. The Morgan fingerprint density at radius 2 is 1.80 bits per heavy atom. The molecule has 1 aromatic carbocycles. The smallest absolute Gasteiger partial charge is 0.330 e.